The second kappa shape index (κ2) is 8.48. The number of hydrogen-bond acceptors (Lipinski definition) is 3. The number of rotatable bonds is 9. The summed E-state index contributed by atoms with van der Waals surface area (Å²) in [5.41, 5.74) is 4.81. The Hall–Kier alpha value is -0.680. The minimum Gasteiger partial charge on any atom is -0.392 e. The fourth-order valence-electron chi connectivity index (χ4n) is 1.75. The van der Waals surface area contributed by atoms with Crippen molar-refractivity contribution in [3.05, 3.63) is 0 Å². The van der Waals surface area contributed by atoms with Gasteiger partial charge in [-0.2, -0.15) is 0 Å². The Morgan fingerprint density at radius 2 is 1.89 bits per heavy atom. The second-order valence-corrected chi connectivity index (χ2v) is 5.97. The van der Waals surface area contributed by atoms with Crippen molar-refractivity contribution in [1.82, 2.24) is 10.2 Å². The van der Waals surface area contributed by atoms with Gasteiger partial charge in [0, 0.05) is 6.04 Å². The summed E-state index contributed by atoms with van der Waals surface area (Å²) in [6.07, 6.45) is 2.05. The molecule has 0 aromatic rings. The van der Waals surface area contributed by atoms with Crippen LogP contribution >= 0.6 is 12.2 Å². The molecule has 0 aromatic carbocycles. The number of carbonyl (C=O) groups excluding carboxylic acids is 1. The predicted octanol–water partition coefficient (Wildman–Crippen LogP) is 1.93. The highest BCUT2D eigenvalue weighted by molar-refractivity contribution is 7.80. The number of hydrogen-bond donors (Lipinski definition) is 2. The maximum atomic E-state index is 12.0. The summed E-state index contributed by atoms with van der Waals surface area (Å²) in [6.45, 7) is 13.1. The number of thiocarbonyl (C=S) groups is 1. The van der Waals surface area contributed by atoms with Crippen LogP contribution in [0.3, 0.4) is 0 Å². The molecular weight excluding hydrogens is 258 g/mol. The van der Waals surface area contributed by atoms with Crippen molar-refractivity contribution in [3.8, 4) is 0 Å². The first-order valence-electron chi connectivity index (χ1n) is 7.08. The van der Waals surface area contributed by atoms with Gasteiger partial charge in [0.1, 0.15) is 0 Å². The minimum atomic E-state index is -0.775. The van der Waals surface area contributed by atoms with Gasteiger partial charge in [0.15, 0.2) is 0 Å². The van der Waals surface area contributed by atoms with Gasteiger partial charge in [-0.15, -0.1) is 0 Å². The van der Waals surface area contributed by atoms with Crippen LogP contribution in [0, 0.1) is 5.41 Å². The van der Waals surface area contributed by atoms with E-state index < -0.39 is 5.41 Å². The number of nitrogens with one attached hydrogen (secondary N) is 1. The standard InChI is InChI=1S/C14H29N3OS/c1-6-17(7-2)10-8-9-11(3)16-13(18)14(4,5)12(15)19/h11H,6-10H2,1-5H3,(H2,15,19)(H,16,18). The highest BCUT2D eigenvalue weighted by Crippen LogP contribution is 2.16. The van der Waals surface area contributed by atoms with Crippen LogP contribution in [0.4, 0.5) is 0 Å². The SMILES string of the molecule is CCN(CC)CCCC(C)NC(=O)C(C)(C)C(N)=S. The first-order chi connectivity index (χ1) is 8.75. The zero-order valence-electron chi connectivity index (χ0n) is 13.0. The van der Waals surface area contributed by atoms with Crippen molar-refractivity contribution in [2.45, 2.75) is 53.5 Å². The van der Waals surface area contributed by atoms with Gasteiger partial charge in [0.05, 0.1) is 10.4 Å². The minimum absolute atomic E-state index is 0.0876. The van der Waals surface area contributed by atoms with Crippen LogP contribution in [0.15, 0.2) is 0 Å². The molecule has 0 aliphatic rings. The zero-order valence-corrected chi connectivity index (χ0v) is 13.8. The fraction of sp³-hybridized carbons (Fsp3) is 0.857. The van der Waals surface area contributed by atoms with E-state index in [2.05, 4.69) is 24.1 Å². The summed E-state index contributed by atoms with van der Waals surface area (Å²) in [4.78, 5) is 14.7. The van der Waals surface area contributed by atoms with E-state index in [0.29, 0.717) is 0 Å². The molecule has 0 fully saturated rings. The van der Waals surface area contributed by atoms with Gasteiger partial charge in [-0.25, -0.2) is 0 Å². The fourth-order valence-corrected chi connectivity index (χ4v) is 1.84. The highest BCUT2D eigenvalue weighted by atomic mass is 32.1. The molecular formula is C14H29N3OS. The summed E-state index contributed by atoms with van der Waals surface area (Å²) in [5.74, 6) is -0.0876. The van der Waals surface area contributed by atoms with E-state index in [1.165, 1.54) is 0 Å². The molecule has 0 aromatic heterocycles. The molecule has 4 nitrogen and oxygen atoms in total. The maximum absolute atomic E-state index is 12.0. The van der Waals surface area contributed by atoms with Gasteiger partial charge < -0.3 is 16.0 Å². The number of carbonyl (C=O) groups is 1. The summed E-state index contributed by atoms with van der Waals surface area (Å²) in [6, 6.07) is 0.150. The van der Waals surface area contributed by atoms with Crippen molar-refractivity contribution >= 4 is 23.1 Å². The molecule has 19 heavy (non-hydrogen) atoms. The van der Waals surface area contributed by atoms with Crippen LogP contribution < -0.4 is 11.1 Å². The van der Waals surface area contributed by atoms with Crippen LogP contribution in [0.25, 0.3) is 0 Å². The molecule has 112 valence electrons. The zero-order chi connectivity index (χ0) is 15.1. The lowest BCUT2D eigenvalue weighted by atomic mass is 9.92. The Bertz CT molecular complexity index is 301. The monoisotopic (exact) mass is 287 g/mol. The molecule has 0 rings (SSSR count). The summed E-state index contributed by atoms with van der Waals surface area (Å²) < 4.78 is 0. The van der Waals surface area contributed by atoms with Crippen LogP contribution in [-0.2, 0) is 4.79 Å². The lowest BCUT2D eigenvalue weighted by Gasteiger charge is -2.25. The summed E-state index contributed by atoms with van der Waals surface area (Å²) in [7, 11) is 0. The molecule has 0 aliphatic heterocycles. The first-order valence-corrected chi connectivity index (χ1v) is 7.49. The largest absolute Gasteiger partial charge is 0.392 e. The average molecular weight is 287 g/mol. The Kier molecular flexibility index (Phi) is 8.18. The normalized spacial score (nSPS) is 13.4. The van der Waals surface area contributed by atoms with E-state index in [9.17, 15) is 4.79 Å². The molecule has 0 saturated heterocycles. The van der Waals surface area contributed by atoms with Crippen LogP contribution in [0.2, 0.25) is 0 Å². The van der Waals surface area contributed by atoms with E-state index in [4.69, 9.17) is 18.0 Å². The Labute approximate surface area is 123 Å². The van der Waals surface area contributed by atoms with E-state index in [-0.39, 0.29) is 16.9 Å². The maximum Gasteiger partial charge on any atom is 0.232 e. The van der Waals surface area contributed by atoms with Gasteiger partial charge in [-0.05, 0) is 53.2 Å². The average Bonchev–Trinajstić information content (AvgIpc) is 2.34. The van der Waals surface area contributed by atoms with Crippen LogP contribution in [0.5, 0.6) is 0 Å². The molecule has 0 radical (unpaired) electrons. The Morgan fingerprint density at radius 1 is 1.37 bits per heavy atom. The van der Waals surface area contributed by atoms with Crippen LogP contribution in [-0.4, -0.2) is 41.5 Å². The first kappa shape index (κ1) is 18.3. The van der Waals surface area contributed by atoms with Crippen molar-refractivity contribution in [3.63, 3.8) is 0 Å². The second-order valence-electron chi connectivity index (χ2n) is 5.53. The van der Waals surface area contributed by atoms with Crippen molar-refractivity contribution in [1.29, 1.82) is 0 Å². The van der Waals surface area contributed by atoms with Gasteiger partial charge >= 0.3 is 0 Å². The van der Waals surface area contributed by atoms with E-state index >= 15 is 0 Å². The highest BCUT2D eigenvalue weighted by Gasteiger charge is 2.31. The molecule has 0 bridgehead atoms. The van der Waals surface area contributed by atoms with E-state index in [0.717, 1.165) is 32.5 Å². The van der Waals surface area contributed by atoms with Crippen molar-refractivity contribution in [2.24, 2.45) is 11.1 Å². The third kappa shape index (κ3) is 6.34. The van der Waals surface area contributed by atoms with Crippen LogP contribution in [0.1, 0.15) is 47.5 Å². The van der Waals surface area contributed by atoms with Gasteiger partial charge in [-0.1, -0.05) is 26.1 Å². The van der Waals surface area contributed by atoms with E-state index in [1.807, 2.05) is 6.92 Å². The van der Waals surface area contributed by atoms with Crippen molar-refractivity contribution < 1.29 is 4.79 Å². The number of nitrogens with two attached hydrogens (primary N) is 1. The number of amides is 1. The Balaban J connectivity index is 4.08. The Morgan fingerprint density at radius 3 is 2.32 bits per heavy atom. The van der Waals surface area contributed by atoms with Crippen molar-refractivity contribution in [2.75, 3.05) is 19.6 Å². The smallest absolute Gasteiger partial charge is 0.232 e. The van der Waals surface area contributed by atoms with Gasteiger partial charge in [-0.3, -0.25) is 4.79 Å². The number of nitrogens with zero attached hydrogens (tertiary/aromatic N) is 1. The molecule has 1 unspecified atom stereocenters. The quantitative estimate of drug-likeness (QED) is 0.636. The molecule has 1 amide bonds. The van der Waals surface area contributed by atoms with E-state index in [1.54, 1.807) is 13.8 Å². The molecule has 1 atom stereocenters. The lowest BCUT2D eigenvalue weighted by Crippen LogP contribution is -2.47. The van der Waals surface area contributed by atoms with Gasteiger partial charge in [0.2, 0.25) is 5.91 Å². The molecule has 3 N–H and O–H groups in total. The third-order valence-electron chi connectivity index (χ3n) is 3.57. The lowest BCUT2D eigenvalue weighted by molar-refractivity contribution is -0.126. The molecule has 0 aliphatic carbocycles. The molecule has 0 heterocycles. The topological polar surface area (TPSA) is 58.4 Å². The molecule has 0 saturated carbocycles. The summed E-state index contributed by atoms with van der Waals surface area (Å²) in [5, 5.41) is 2.99. The summed E-state index contributed by atoms with van der Waals surface area (Å²) >= 11 is 4.92. The molecule has 5 heteroatoms. The third-order valence-corrected chi connectivity index (χ3v) is 4.08. The molecule has 0 spiro atoms. The van der Waals surface area contributed by atoms with Gasteiger partial charge in [0.25, 0.3) is 0 Å². The predicted molar refractivity (Wildman–Crippen MR) is 85.2 cm³/mol.